The molecule has 1 aromatic rings. The number of aryl methyl sites for hydroxylation is 1. The number of ether oxygens (including phenoxy) is 1. The Morgan fingerprint density at radius 2 is 1.82 bits per heavy atom. The average molecular weight is 306 g/mol. The smallest absolute Gasteiger partial charge is 0.118 e. The second-order valence-electron chi connectivity index (χ2n) is 6.94. The maximum Gasteiger partial charge on any atom is 0.118 e. The molecule has 0 radical (unpaired) electrons. The van der Waals surface area contributed by atoms with E-state index in [1.54, 1.807) is 7.11 Å². The van der Waals surface area contributed by atoms with Crippen LogP contribution in [0.25, 0.3) is 0 Å². The molecule has 0 aromatic heterocycles. The lowest BCUT2D eigenvalue weighted by Crippen LogP contribution is -2.29. The summed E-state index contributed by atoms with van der Waals surface area (Å²) >= 11 is 0. The van der Waals surface area contributed by atoms with E-state index in [0.29, 0.717) is 5.92 Å². The number of alkyl halides is 1. The van der Waals surface area contributed by atoms with Crippen LogP contribution in [0.1, 0.15) is 70.3 Å². The highest BCUT2D eigenvalue weighted by Crippen LogP contribution is 2.40. The lowest BCUT2D eigenvalue weighted by atomic mass is 9.76. The van der Waals surface area contributed by atoms with Crippen LogP contribution < -0.4 is 4.74 Å². The van der Waals surface area contributed by atoms with Crippen LogP contribution in [0.3, 0.4) is 0 Å². The summed E-state index contributed by atoms with van der Waals surface area (Å²) in [6, 6.07) is 8.34. The third kappa shape index (κ3) is 5.30. The van der Waals surface area contributed by atoms with E-state index in [1.807, 2.05) is 12.1 Å². The Labute approximate surface area is 135 Å². The number of methoxy groups -OCH3 is 1. The Kier molecular flexibility index (Phi) is 6.72. The zero-order valence-corrected chi connectivity index (χ0v) is 14.2. The van der Waals surface area contributed by atoms with E-state index in [9.17, 15) is 4.39 Å². The second-order valence-corrected chi connectivity index (χ2v) is 6.94. The normalized spacial score (nSPS) is 25.1. The Morgan fingerprint density at radius 3 is 2.41 bits per heavy atom. The summed E-state index contributed by atoms with van der Waals surface area (Å²) in [5.41, 5.74) is 0.507. The third-order valence-corrected chi connectivity index (χ3v) is 5.23. The highest BCUT2D eigenvalue weighted by atomic mass is 19.1. The number of hydrogen-bond donors (Lipinski definition) is 0. The van der Waals surface area contributed by atoms with E-state index in [-0.39, 0.29) is 0 Å². The first-order valence-corrected chi connectivity index (χ1v) is 8.97. The minimum absolute atomic E-state index is 0.706. The fourth-order valence-corrected chi connectivity index (χ4v) is 3.59. The summed E-state index contributed by atoms with van der Waals surface area (Å²) in [5, 5.41) is 0. The van der Waals surface area contributed by atoms with Gasteiger partial charge in [0, 0.05) is 0 Å². The number of halogens is 1. The van der Waals surface area contributed by atoms with Gasteiger partial charge in [-0.15, -0.1) is 0 Å². The molecule has 0 saturated heterocycles. The van der Waals surface area contributed by atoms with Crippen molar-refractivity contribution < 1.29 is 9.13 Å². The van der Waals surface area contributed by atoms with Gasteiger partial charge in [-0.05, 0) is 68.6 Å². The van der Waals surface area contributed by atoms with E-state index in [1.165, 1.54) is 24.8 Å². The summed E-state index contributed by atoms with van der Waals surface area (Å²) in [6.07, 6.45) is 10.2. The van der Waals surface area contributed by atoms with Gasteiger partial charge in [-0.3, -0.25) is 0 Å². The maximum absolute atomic E-state index is 14.7. The predicted octanol–water partition coefficient (Wildman–Crippen LogP) is 6.11. The standard InChI is InChI=1S/C20H31FO/c1-3-4-5-14-20(21)15-12-18(13-16-20)7-6-17-8-10-19(22-2)11-9-17/h8-11,18H,3-7,12-16H2,1-2H3. The summed E-state index contributed by atoms with van der Waals surface area (Å²) in [5.74, 6) is 1.62. The van der Waals surface area contributed by atoms with E-state index in [0.717, 1.165) is 50.7 Å². The van der Waals surface area contributed by atoms with Gasteiger partial charge in [-0.2, -0.15) is 0 Å². The van der Waals surface area contributed by atoms with E-state index < -0.39 is 5.67 Å². The molecule has 124 valence electrons. The van der Waals surface area contributed by atoms with Crippen LogP contribution >= 0.6 is 0 Å². The molecule has 22 heavy (non-hydrogen) atoms. The SMILES string of the molecule is CCCCCC1(F)CCC(CCc2ccc(OC)cc2)CC1. The molecular weight excluding hydrogens is 275 g/mol. The third-order valence-electron chi connectivity index (χ3n) is 5.23. The van der Waals surface area contributed by atoms with Crippen molar-refractivity contribution in [2.24, 2.45) is 5.92 Å². The molecule has 0 N–H and O–H groups in total. The van der Waals surface area contributed by atoms with Crippen molar-refractivity contribution in [1.29, 1.82) is 0 Å². The van der Waals surface area contributed by atoms with Gasteiger partial charge >= 0.3 is 0 Å². The van der Waals surface area contributed by atoms with Gasteiger partial charge in [0.1, 0.15) is 11.4 Å². The second kappa shape index (κ2) is 8.55. The zero-order chi connectivity index (χ0) is 15.8. The molecule has 1 fully saturated rings. The Hall–Kier alpha value is -1.05. The molecule has 0 bridgehead atoms. The van der Waals surface area contributed by atoms with Crippen LogP contribution in [0.2, 0.25) is 0 Å². The van der Waals surface area contributed by atoms with Crippen molar-refractivity contribution in [2.45, 2.75) is 76.8 Å². The van der Waals surface area contributed by atoms with Crippen molar-refractivity contribution in [3.05, 3.63) is 29.8 Å². The topological polar surface area (TPSA) is 9.23 Å². The van der Waals surface area contributed by atoms with Gasteiger partial charge in [-0.1, -0.05) is 38.3 Å². The van der Waals surface area contributed by atoms with Crippen LogP contribution in [0.15, 0.2) is 24.3 Å². The van der Waals surface area contributed by atoms with Gasteiger partial charge in [-0.25, -0.2) is 4.39 Å². The lowest BCUT2D eigenvalue weighted by molar-refractivity contribution is 0.0696. The van der Waals surface area contributed by atoms with Gasteiger partial charge in [0.05, 0.1) is 7.11 Å². The fraction of sp³-hybridized carbons (Fsp3) is 0.700. The van der Waals surface area contributed by atoms with Gasteiger partial charge < -0.3 is 4.74 Å². The molecular formula is C20H31FO. The van der Waals surface area contributed by atoms with Gasteiger partial charge in [0.25, 0.3) is 0 Å². The summed E-state index contributed by atoms with van der Waals surface area (Å²) in [6.45, 7) is 2.18. The molecule has 1 saturated carbocycles. The number of rotatable bonds is 8. The molecule has 0 unspecified atom stereocenters. The lowest BCUT2D eigenvalue weighted by Gasteiger charge is -2.34. The molecule has 2 rings (SSSR count). The molecule has 1 aromatic carbocycles. The Morgan fingerprint density at radius 1 is 1.14 bits per heavy atom. The zero-order valence-electron chi connectivity index (χ0n) is 14.2. The van der Waals surface area contributed by atoms with Crippen molar-refractivity contribution >= 4 is 0 Å². The van der Waals surface area contributed by atoms with Crippen molar-refractivity contribution in [2.75, 3.05) is 7.11 Å². The number of unbranched alkanes of at least 4 members (excludes halogenated alkanes) is 2. The average Bonchev–Trinajstić information content (AvgIpc) is 2.55. The molecule has 0 atom stereocenters. The van der Waals surface area contributed by atoms with Crippen molar-refractivity contribution in [1.82, 2.24) is 0 Å². The predicted molar refractivity (Wildman–Crippen MR) is 91.3 cm³/mol. The quantitative estimate of drug-likeness (QED) is 0.527. The Bertz CT molecular complexity index is 418. The number of benzene rings is 1. The Balaban J connectivity index is 1.70. The summed E-state index contributed by atoms with van der Waals surface area (Å²) in [7, 11) is 1.70. The molecule has 2 heteroatoms. The first-order chi connectivity index (χ1) is 10.6. The van der Waals surface area contributed by atoms with E-state index >= 15 is 0 Å². The summed E-state index contributed by atoms with van der Waals surface area (Å²) < 4.78 is 19.9. The van der Waals surface area contributed by atoms with Crippen molar-refractivity contribution in [3.63, 3.8) is 0 Å². The molecule has 0 spiro atoms. The monoisotopic (exact) mass is 306 g/mol. The first kappa shape index (κ1) is 17.3. The van der Waals surface area contributed by atoms with E-state index in [4.69, 9.17) is 4.74 Å². The molecule has 0 amide bonds. The molecule has 1 aliphatic carbocycles. The molecule has 1 nitrogen and oxygen atoms in total. The van der Waals surface area contributed by atoms with Gasteiger partial charge in [0.15, 0.2) is 0 Å². The highest BCUT2D eigenvalue weighted by molar-refractivity contribution is 5.27. The largest absolute Gasteiger partial charge is 0.497 e. The van der Waals surface area contributed by atoms with Crippen LogP contribution in [-0.4, -0.2) is 12.8 Å². The fourth-order valence-electron chi connectivity index (χ4n) is 3.59. The minimum atomic E-state index is -0.855. The highest BCUT2D eigenvalue weighted by Gasteiger charge is 2.34. The first-order valence-electron chi connectivity index (χ1n) is 8.97. The maximum atomic E-state index is 14.7. The molecule has 0 aliphatic heterocycles. The minimum Gasteiger partial charge on any atom is -0.497 e. The summed E-state index contributed by atoms with van der Waals surface area (Å²) in [4.78, 5) is 0. The van der Waals surface area contributed by atoms with Gasteiger partial charge in [0.2, 0.25) is 0 Å². The molecule has 1 aliphatic rings. The van der Waals surface area contributed by atoms with Crippen LogP contribution in [0.5, 0.6) is 5.75 Å². The van der Waals surface area contributed by atoms with Crippen LogP contribution in [0, 0.1) is 5.92 Å². The van der Waals surface area contributed by atoms with Crippen LogP contribution in [-0.2, 0) is 6.42 Å². The van der Waals surface area contributed by atoms with E-state index in [2.05, 4.69) is 19.1 Å². The number of hydrogen-bond acceptors (Lipinski definition) is 1. The van der Waals surface area contributed by atoms with Crippen LogP contribution in [0.4, 0.5) is 4.39 Å². The van der Waals surface area contributed by atoms with Crippen molar-refractivity contribution in [3.8, 4) is 5.75 Å². The molecule has 0 heterocycles.